The number of hydrogen-bond donors (Lipinski definition) is 2. The molecule has 5 nitrogen and oxygen atoms in total. The van der Waals surface area contributed by atoms with Gasteiger partial charge >= 0.3 is 6.18 Å². The number of amides is 1. The van der Waals surface area contributed by atoms with Crippen LogP contribution in [0.15, 0.2) is 36.4 Å². The number of rotatable bonds is 5. The van der Waals surface area contributed by atoms with Gasteiger partial charge in [0.1, 0.15) is 11.8 Å². The predicted molar refractivity (Wildman–Crippen MR) is 104 cm³/mol. The van der Waals surface area contributed by atoms with Crippen LogP contribution in [0.1, 0.15) is 10.4 Å². The molecular weight excluding hydrogens is 395 g/mol. The van der Waals surface area contributed by atoms with E-state index < -0.39 is 24.7 Å². The van der Waals surface area contributed by atoms with Crippen LogP contribution in [0.4, 0.5) is 13.2 Å². The van der Waals surface area contributed by atoms with Crippen molar-refractivity contribution in [3.05, 3.63) is 42.0 Å². The molecule has 28 heavy (non-hydrogen) atoms. The second-order valence-electron chi connectivity index (χ2n) is 6.41. The Kier molecular flexibility index (Phi) is 7.51. The van der Waals surface area contributed by atoms with Gasteiger partial charge < -0.3 is 15.4 Å². The van der Waals surface area contributed by atoms with E-state index in [4.69, 9.17) is 4.74 Å². The molecule has 0 bridgehead atoms. The van der Waals surface area contributed by atoms with Gasteiger partial charge in [-0.3, -0.25) is 9.69 Å². The summed E-state index contributed by atoms with van der Waals surface area (Å²) < 4.78 is 45.7. The van der Waals surface area contributed by atoms with Crippen molar-refractivity contribution in [1.29, 1.82) is 0 Å². The minimum atomic E-state index is -4.41. The van der Waals surface area contributed by atoms with E-state index in [1.807, 2.05) is 12.1 Å². The minimum Gasteiger partial charge on any atom is -0.496 e. The second kappa shape index (κ2) is 9.45. The number of fused-ring (bicyclic) bond motifs is 1. The van der Waals surface area contributed by atoms with Crippen molar-refractivity contribution in [3.63, 3.8) is 0 Å². The van der Waals surface area contributed by atoms with Crippen molar-refractivity contribution in [3.8, 4) is 5.75 Å². The molecule has 0 saturated carbocycles. The van der Waals surface area contributed by atoms with Crippen molar-refractivity contribution in [2.45, 2.75) is 12.2 Å². The standard InChI is InChI=1S/C19H22F3N3O2.ClH/c1-27-16-7-6-15(13-4-2-3-5-14(13)16)18(26)24-12-17(19(20,21)22)25-10-8-23-9-11-25;/h2-7,17,23H,8-12H2,1H3,(H,24,26);1H. The Morgan fingerprint density at radius 2 is 1.82 bits per heavy atom. The van der Waals surface area contributed by atoms with Gasteiger partial charge in [0.2, 0.25) is 0 Å². The number of carbonyl (C=O) groups excluding carboxylic acids is 1. The number of alkyl halides is 3. The van der Waals surface area contributed by atoms with E-state index in [2.05, 4.69) is 10.6 Å². The molecule has 1 aliphatic heterocycles. The summed E-state index contributed by atoms with van der Waals surface area (Å²) in [4.78, 5) is 14.0. The van der Waals surface area contributed by atoms with Crippen LogP contribution in [-0.2, 0) is 0 Å². The fraction of sp³-hybridized carbons (Fsp3) is 0.421. The van der Waals surface area contributed by atoms with Gasteiger partial charge in [-0.2, -0.15) is 13.2 Å². The van der Waals surface area contributed by atoms with E-state index in [-0.39, 0.29) is 12.4 Å². The van der Waals surface area contributed by atoms with Crippen LogP contribution in [0.2, 0.25) is 0 Å². The van der Waals surface area contributed by atoms with Gasteiger partial charge in [-0.25, -0.2) is 0 Å². The highest BCUT2D eigenvalue weighted by atomic mass is 35.5. The number of carbonyl (C=O) groups is 1. The zero-order valence-electron chi connectivity index (χ0n) is 15.4. The third-order valence-corrected chi connectivity index (χ3v) is 4.77. The lowest BCUT2D eigenvalue weighted by Gasteiger charge is -2.35. The summed E-state index contributed by atoms with van der Waals surface area (Å²) in [5.41, 5.74) is 0.327. The largest absolute Gasteiger partial charge is 0.496 e. The summed E-state index contributed by atoms with van der Waals surface area (Å²) in [6, 6.07) is 8.68. The van der Waals surface area contributed by atoms with E-state index in [9.17, 15) is 18.0 Å². The number of piperazine rings is 1. The summed E-state index contributed by atoms with van der Waals surface area (Å²) in [5, 5.41) is 6.88. The maximum Gasteiger partial charge on any atom is 0.405 e. The Labute approximate surface area is 167 Å². The van der Waals surface area contributed by atoms with E-state index >= 15 is 0 Å². The van der Waals surface area contributed by atoms with Gasteiger partial charge in [0.05, 0.1) is 7.11 Å². The first-order valence-electron chi connectivity index (χ1n) is 8.77. The number of nitrogens with one attached hydrogen (secondary N) is 2. The number of hydrogen-bond acceptors (Lipinski definition) is 4. The maximum absolute atomic E-state index is 13.5. The van der Waals surface area contributed by atoms with Gasteiger partial charge in [-0.1, -0.05) is 24.3 Å². The van der Waals surface area contributed by atoms with Crippen molar-refractivity contribution in [2.24, 2.45) is 0 Å². The smallest absolute Gasteiger partial charge is 0.405 e. The Bertz CT molecular complexity index is 811. The summed E-state index contributed by atoms with van der Waals surface area (Å²) in [5.74, 6) is 0.0781. The maximum atomic E-state index is 13.5. The van der Waals surface area contributed by atoms with Crippen LogP contribution in [0.25, 0.3) is 10.8 Å². The normalized spacial score (nSPS) is 16.3. The topological polar surface area (TPSA) is 53.6 Å². The average molecular weight is 418 g/mol. The molecule has 1 atom stereocenters. The molecule has 1 aliphatic rings. The molecule has 0 aromatic heterocycles. The van der Waals surface area contributed by atoms with Gasteiger partial charge in [0.25, 0.3) is 5.91 Å². The summed E-state index contributed by atoms with van der Waals surface area (Å²) in [6.07, 6.45) is -4.41. The molecule has 1 unspecified atom stereocenters. The van der Waals surface area contributed by atoms with Crippen LogP contribution < -0.4 is 15.4 Å². The van der Waals surface area contributed by atoms with Gasteiger partial charge in [-0.05, 0) is 17.5 Å². The Balaban J connectivity index is 0.00000280. The van der Waals surface area contributed by atoms with Crippen LogP contribution in [0.5, 0.6) is 5.75 Å². The van der Waals surface area contributed by atoms with Crippen LogP contribution >= 0.6 is 12.4 Å². The minimum absolute atomic E-state index is 0. The molecule has 2 N–H and O–H groups in total. The lowest BCUT2D eigenvalue weighted by atomic mass is 10.0. The SMILES string of the molecule is COc1ccc(C(=O)NCC(N2CCNCC2)C(F)(F)F)c2ccccc12.Cl. The Hall–Kier alpha value is -2.03. The predicted octanol–water partition coefficient (Wildman–Crippen LogP) is 2.84. The molecule has 0 spiro atoms. The van der Waals surface area contributed by atoms with Gasteiger partial charge in [0.15, 0.2) is 0 Å². The van der Waals surface area contributed by atoms with Crippen LogP contribution in [-0.4, -0.2) is 62.9 Å². The summed E-state index contributed by atoms with van der Waals surface area (Å²) in [6.45, 7) is 1.12. The molecule has 1 heterocycles. The summed E-state index contributed by atoms with van der Waals surface area (Å²) in [7, 11) is 1.53. The summed E-state index contributed by atoms with van der Waals surface area (Å²) >= 11 is 0. The van der Waals surface area contributed by atoms with E-state index in [0.717, 1.165) is 5.39 Å². The average Bonchev–Trinajstić information content (AvgIpc) is 2.67. The van der Waals surface area contributed by atoms with E-state index in [1.165, 1.54) is 12.0 Å². The Morgan fingerprint density at radius 1 is 1.18 bits per heavy atom. The third kappa shape index (κ3) is 4.87. The molecule has 154 valence electrons. The van der Waals surface area contributed by atoms with Crippen LogP contribution in [0.3, 0.4) is 0 Å². The molecule has 0 aliphatic carbocycles. The number of benzene rings is 2. The fourth-order valence-electron chi connectivity index (χ4n) is 3.38. The van der Waals surface area contributed by atoms with Crippen molar-refractivity contribution in [1.82, 2.24) is 15.5 Å². The molecule has 1 saturated heterocycles. The third-order valence-electron chi connectivity index (χ3n) is 4.77. The zero-order chi connectivity index (χ0) is 19.4. The molecule has 9 heteroatoms. The highest BCUT2D eigenvalue weighted by molar-refractivity contribution is 6.08. The van der Waals surface area contributed by atoms with E-state index in [1.54, 1.807) is 24.3 Å². The molecule has 1 amide bonds. The lowest BCUT2D eigenvalue weighted by molar-refractivity contribution is -0.183. The Morgan fingerprint density at radius 3 is 2.43 bits per heavy atom. The molecule has 0 radical (unpaired) electrons. The first kappa shape index (κ1) is 22.3. The second-order valence-corrected chi connectivity index (χ2v) is 6.41. The molecular formula is C19H23ClF3N3O2. The van der Waals surface area contributed by atoms with Crippen LogP contribution in [0, 0.1) is 0 Å². The lowest BCUT2D eigenvalue weighted by Crippen LogP contribution is -2.57. The van der Waals surface area contributed by atoms with E-state index in [0.29, 0.717) is 42.9 Å². The first-order valence-corrected chi connectivity index (χ1v) is 8.77. The molecule has 2 aromatic carbocycles. The van der Waals surface area contributed by atoms with Crippen molar-refractivity contribution >= 4 is 29.1 Å². The number of methoxy groups -OCH3 is 1. The quantitative estimate of drug-likeness (QED) is 0.785. The number of ether oxygens (including phenoxy) is 1. The molecule has 3 rings (SSSR count). The van der Waals surface area contributed by atoms with Crippen molar-refractivity contribution < 1.29 is 22.7 Å². The first-order chi connectivity index (χ1) is 12.9. The number of halogens is 4. The zero-order valence-corrected chi connectivity index (χ0v) is 16.2. The van der Waals surface area contributed by atoms with Gasteiger partial charge in [-0.15, -0.1) is 12.4 Å². The van der Waals surface area contributed by atoms with Crippen molar-refractivity contribution in [2.75, 3.05) is 39.8 Å². The molecule has 2 aromatic rings. The highest BCUT2D eigenvalue weighted by Crippen LogP contribution is 2.29. The highest BCUT2D eigenvalue weighted by Gasteiger charge is 2.43. The monoisotopic (exact) mass is 417 g/mol. The number of nitrogens with zero attached hydrogens (tertiary/aromatic N) is 1. The van der Waals surface area contributed by atoms with Gasteiger partial charge in [0, 0.05) is 43.7 Å². The molecule has 1 fully saturated rings. The fourth-order valence-corrected chi connectivity index (χ4v) is 3.38.